The summed E-state index contributed by atoms with van der Waals surface area (Å²) >= 11 is 4.61. The van der Waals surface area contributed by atoms with Gasteiger partial charge in [0.05, 0.1) is 25.2 Å². The number of nitrogens with zero attached hydrogens (tertiary/aromatic N) is 1. The first-order valence-corrected chi connectivity index (χ1v) is 15.4. The second-order valence-corrected chi connectivity index (χ2v) is 12.0. The van der Waals surface area contributed by atoms with Crippen LogP contribution < -0.4 is 25.0 Å². The number of hydrogen-bond acceptors (Lipinski definition) is 7. The molecule has 0 unspecified atom stereocenters. The normalized spacial score (nSPS) is 14.7. The van der Waals surface area contributed by atoms with Gasteiger partial charge in [-0.05, 0) is 78.9 Å². The van der Waals surface area contributed by atoms with E-state index in [1.807, 2.05) is 0 Å². The third-order valence-corrected chi connectivity index (χ3v) is 8.53. The molecule has 4 aromatic rings. The van der Waals surface area contributed by atoms with Crippen LogP contribution in [0.2, 0.25) is 0 Å². The fourth-order valence-corrected chi connectivity index (χ4v) is 5.99. The fourth-order valence-electron chi connectivity index (χ4n) is 4.62. The second kappa shape index (κ2) is 14.3. The van der Waals surface area contributed by atoms with E-state index in [1.54, 1.807) is 97.1 Å². The molecule has 9 nitrogen and oxygen atoms in total. The fraction of sp³-hybridized carbons (Fsp3) is 0.118. The van der Waals surface area contributed by atoms with E-state index < -0.39 is 17.1 Å². The number of thioether (sulfide) groups is 1. The molecule has 1 heterocycles. The highest BCUT2D eigenvalue weighted by Crippen LogP contribution is 2.35. The van der Waals surface area contributed by atoms with E-state index in [-0.39, 0.29) is 23.9 Å². The summed E-state index contributed by atoms with van der Waals surface area (Å²) in [6.45, 7) is 0. The molecular formula is C34H28BrN3O6S. The maximum atomic E-state index is 13.6. The predicted molar refractivity (Wildman–Crippen MR) is 177 cm³/mol. The van der Waals surface area contributed by atoms with Crippen molar-refractivity contribution in [3.63, 3.8) is 0 Å². The highest BCUT2D eigenvalue weighted by molar-refractivity contribution is 9.10. The molecule has 1 aliphatic rings. The lowest BCUT2D eigenvalue weighted by Gasteiger charge is -2.15. The smallest absolute Gasteiger partial charge is 0.272 e. The van der Waals surface area contributed by atoms with E-state index in [1.165, 1.54) is 37.0 Å². The molecule has 5 rings (SSSR count). The lowest BCUT2D eigenvalue weighted by atomic mass is 10.1. The number of benzene rings is 4. The number of imide groups is 1. The van der Waals surface area contributed by atoms with Gasteiger partial charge in [0.25, 0.3) is 11.8 Å². The molecule has 0 bridgehead atoms. The minimum Gasteiger partial charge on any atom is -0.497 e. The molecule has 11 heteroatoms. The predicted octanol–water partition coefficient (Wildman–Crippen LogP) is 6.30. The van der Waals surface area contributed by atoms with Gasteiger partial charge in [-0.1, -0.05) is 40.2 Å². The molecule has 1 saturated heterocycles. The van der Waals surface area contributed by atoms with Crippen LogP contribution in [0.1, 0.15) is 22.3 Å². The van der Waals surface area contributed by atoms with Crippen molar-refractivity contribution in [3.05, 3.63) is 118 Å². The molecule has 1 aliphatic heterocycles. The molecule has 4 aromatic carbocycles. The van der Waals surface area contributed by atoms with Crippen LogP contribution in [0.25, 0.3) is 6.08 Å². The van der Waals surface area contributed by atoms with Crippen molar-refractivity contribution in [2.45, 2.75) is 16.6 Å². The number of carbonyl (C=O) groups is 4. The van der Waals surface area contributed by atoms with E-state index >= 15 is 0 Å². The second-order valence-electron chi connectivity index (χ2n) is 9.82. The molecule has 4 amide bonds. The maximum Gasteiger partial charge on any atom is 0.272 e. The van der Waals surface area contributed by atoms with Crippen LogP contribution in [0.15, 0.2) is 112 Å². The maximum absolute atomic E-state index is 13.6. The minimum atomic E-state index is -0.617. The highest BCUT2D eigenvalue weighted by Gasteiger charge is 2.40. The number of amides is 4. The van der Waals surface area contributed by atoms with Gasteiger partial charge in [-0.25, -0.2) is 4.90 Å². The zero-order valence-corrected chi connectivity index (χ0v) is 26.7. The van der Waals surface area contributed by atoms with Crippen molar-refractivity contribution >= 4 is 68.8 Å². The number of ether oxygens (including phenoxy) is 2. The van der Waals surface area contributed by atoms with Crippen LogP contribution in [0, 0.1) is 0 Å². The average Bonchev–Trinajstić information content (AvgIpc) is 3.33. The van der Waals surface area contributed by atoms with Gasteiger partial charge in [-0.3, -0.25) is 19.2 Å². The largest absolute Gasteiger partial charge is 0.497 e. The van der Waals surface area contributed by atoms with Crippen LogP contribution >= 0.6 is 27.7 Å². The van der Waals surface area contributed by atoms with E-state index in [0.29, 0.717) is 38.9 Å². The zero-order valence-electron chi connectivity index (χ0n) is 24.3. The average molecular weight is 687 g/mol. The van der Waals surface area contributed by atoms with Gasteiger partial charge < -0.3 is 20.1 Å². The number of rotatable bonds is 10. The summed E-state index contributed by atoms with van der Waals surface area (Å²) in [6.07, 6.45) is 1.56. The van der Waals surface area contributed by atoms with Crippen molar-refractivity contribution in [3.8, 4) is 11.5 Å². The SMILES string of the molecule is COc1ccc(OC)c(/C=C(\NC(=O)c2ccccc2)C(=O)Nc2cccc(S[C@H]3CC(=O)N(c4ccc(Br)cc4)C3=O)c2)c1. The molecule has 1 fully saturated rings. The molecule has 45 heavy (non-hydrogen) atoms. The van der Waals surface area contributed by atoms with Gasteiger partial charge in [0.2, 0.25) is 11.8 Å². The number of methoxy groups -OCH3 is 2. The third-order valence-electron chi connectivity index (χ3n) is 6.83. The summed E-state index contributed by atoms with van der Waals surface area (Å²) in [5.41, 5.74) is 1.81. The monoisotopic (exact) mass is 685 g/mol. The van der Waals surface area contributed by atoms with E-state index in [9.17, 15) is 19.2 Å². The first kappa shape index (κ1) is 31.6. The first-order chi connectivity index (χ1) is 21.7. The van der Waals surface area contributed by atoms with Crippen molar-refractivity contribution in [2.24, 2.45) is 0 Å². The molecule has 0 saturated carbocycles. The summed E-state index contributed by atoms with van der Waals surface area (Å²) in [5, 5.41) is 4.94. The molecule has 2 N–H and O–H groups in total. The zero-order chi connectivity index (χ0) is 31.9. The Morgan fingerprint density at radius 1 is 0.911 bits per heavy atom. The van der Waals surface area contributed by atoms with Crippen molar-refractivity contribution in [1.29, 1.82) is 0 Å². The van der Waals surface area contributed by atoms with Crippen LogP contribution in [-0.2, 0) is 14.4 Å². The summed E-state index contributed by atoms with van der Waals surface area (Å²) in [4.78, 5) is 54.5. The van der Waals surface area contributed by atoms with Gasteiger partial charge in [0, 0.05) is 32.6 Å². The number of hydrogen-bond donors (Lipinski definition) is 2. The van der Waals surface area contributed by atoms with Crippen LogP contribution in [0.5, 0.6) is 11.5 Å². The lowest BCUT2D eigenvalue weighted by molar-refractivity contribution is -0.121. The summed E-state index contributed by atoms with van der Waals surface area (Å²) < 4.78 is 11.6. The quantitative estimate of drug-likeness (QED) is 0.149. The Balaban J connectivity index is 1.37. The van der Waals surface area contributed by atoms with Gasteiger partial charge in [0.1, 0.15) is 17.2 Å². The molecule has 0 aliphatic carbocycles. The van der Waals surface area contributed by atoms with Gasteiger partial charge in [0.15, 0.2) is 0 Å². The van der Waals surface area contributed by atoms with Crippen molar-refractivity contribution in [1.82, 2.24) is 5.32 Å². The van der Waals surface area contributed by atoms with Gasteiger partial charge in [-0.2, -0.15) is 0 Å². The van der Waals surface area contributed by atoms with E-state index in [0.717, 1.165) is 4.47 Å². The van der Waals surface area contributed by atoms with Crippen molar-refractivity contribution < 1.29 is 28.7 Å². The van der Waals surface area contributed by atoms with Gasteiger partial charge in [-0.15, -0.1) is 11.8 Å². The molecular weight excluding hydrogens is 658 g/mol. The molecule has 1 atom stereocenters. The Kier molecular flexibility index (Phi) is 10.0. The molecule has 0 aromatic heterocycles. The Morgan fingerprint density at radius 2 is 1.67 bits per heavy atom. The van der Waals surface area contributed by atoms with Crippen LogP contribution in [-0.4, -0.2) is 43.1 Å². The Labute approximate surface area is 272 Å². The Morgan fingerprint density at radius 3 is 2.38 bits per heavy atom. The summed E-state index contributed by atoms with van der Waals surface area (Å²) in [7, 11) is 3.03. The molecule has 0 radical (unpaired) electrons. The third kappa shape index (κ3) is 7.62. The minimum absolute atomic E-state index is 0.0323. The van der Waals surface area contributed by atoms with E-state index in [2.05, 4.69) is 26.6 Å². The number of halogens is 1. The number of nitrogens with one attached hydrogen (secondary N) is 2. The topological polar surface area (TPSA) is 114 Å². The molecule has 0 spiro atoms. The number of carbonyl (C=O) groups excluding carboxylic acids is 4. The van der Waals surface area contributed by atoms with Gasteiger partial charge >= 0.3 is 0 Å². The highest BCUT2D eigenvalue weighted by atomic mass is 79.9. The standard InChI is InChI=1S/C34H28BrN3O6S/c1-43-26-15-16-29(44-2)22(17-26)18-28(37-32(40)21-7-4-3-5-8-21)33(41)36-24-9-6-10-27(19-24)45-30-20-31(39)38(34(30)42)25-13-11-23(35)12-14-25/h3-19,30H,20H2,1-2H3,(H,36,41)(H,37,40)/b28-18-/t30-/m0/s1. The number of anilines is 2. The molecule has 228 valence electrons. The van der Waals surface area contributed by atoms with Crippen molar-refractivity contribution in [2.75, 3.05) is 24.4 Å². The van der Waals surface area contributed by atoms with Crippen LogP contribution in [0.3, 0.4) is 0 Å². The first-order valence-electron chi connectivity index (χ1n) is 13.8. The lowest BCUT2D eigenvalue weighted by Crippen LogP contribution is -2.31. The van der Waals surface area contributed by atoms with E-state index in [4.69, 9.17) is 9.47 Å². The summed E-state index contributed by atoms with van der Waals surface area (Å²) in [5.74, 6) is -0.618. The summed E-state index contributed by atoms with van der Waals surface area (Å²) in [6, 6.07) is 27.6. The Hall–Kier alpha value is -4.87. The van der Waals surface area contributed by atoms with Crippen LogP contribution in [0.4, 0.5) is 11.4 Å². The Bertz CT molecular complexity index is 1780.